The van der Waals surface area contributed by atoms with Gasteiger partial charge in [0.1, 0.15) is 11.8 Å². The molecule has 8 heteroatoms. The van der Waals surface area contributed by atoms with E-state index in [1.165, 1.54) is 0 Å². The Morgan fingerprint density at radius 3 is 2.14 bits per heavy atom. The van der Waals surface area contributed by atoms with Crippen LogP contribution in [0.15, 0.2) is 0 Å². The normalized spacial score (nSPS) is 16.3. The molecule has 0 aliphatic carbocycles. The number of carbonyl (C=O) groups is 1. The van der Waals surface area contributed by atoms with Gasteiger partial charge in [0.15, 0.2) is 0 Å². The Morgan fingerprint density at radius 1 is 1.29 bits per heavy atom. The molecule has 0 aromatic rings. The van der Waals surface area contributed by atoms with Gasteiger partial charge in [0.2, 0.25) is 0 Å². The van der Waals surface area contributed by atoms with Crippen LogP contribution in [0.4, 0.5) is 0 Å². The van der Waals surface area contributed by atoms with Gasteiger partial charge in [-0.2, -0.15) is 0 Å². The van der Waals surface area contributed by atoms with Crippen molar-refractivity contribution in [2.75, 3.05) is 0 Å². The number of nitrogens with two attached hydrogens (primary N) is 2. The van der Waals surface area contributed by atoms with Crippen LogP contribution in [0.3, 0.4) is 0 Å². The van der Waals surface area contributed by atoms with E-state index in [9.17, 15) is 9.36 Å². The van der Waals surface area contributed by atoms with Crippen LogP contribution in [0, 0.1) is 0 Å². The van der Waals surface area contributed by atoms with Gasteiger partial charge in [-0.1, -0.05) is 0 Å². The molecule has 0 spiro atoms. The fourth-order valence-corrected chi connectivity index (χ4v) is 1.36. The average molecular weight is 226 g/mol. The molecular formula is C6H15N2O5P. The molecular weight excluding hydrogens is 211 g/mol. The van der Waals surface area contributed by atoms with Crippen molar-refractivity contribution in [3.8, 4) is 0 Å². The summed E-state index contributed by atoms with van der Waals surface area (Å²) in [5.41, 5.74) is 10.3. The maximum absolute atomic E-state index is 10.6. The number of aliphatic carboxylic acids is 1. The van der Waals surface area contributed by atoms with Crippen molar-refractivity contribution in [3.63, 3.8) is 0 Å². The smallest absolute Gasteiger partial charge is 0.342 e. The van der Waals surface area contributed by atoms with Crippen LogP contribution in [0.1, 0.15) is 19.3 Å². The van der Waals surface area contributed by atoms with E-state index in [1.807, 2.05) is 0 Å². The molecule has 0 aromatic heterocycles. The van der Waals surface area contributed by atoms with Crippen molar-refractivity contribution in [3.05, 3.63) is 0 Å². The lowest BCUT2D eigenvalue weighted by atomic mass is 10.1. The second kappa shape index (κ2) is 5.43. The zero-order valence-corrected chi connectivity index (χ0v) is 8.43. The molecule has 0 aliphatic heterocycles. The predicted molar refractivity (Wildman–Crippen MR) is 49.5 cm³/mol. The quantitative estimate of drug-likeness (QED) is 0.366. The number of carboxylic acids is 1. The number of rotatable bonds is 6. The molecule has 0 fully saturated rings. The van der Waals surface area contributed by atoms with Crippen LogP contribution >= 0.6 is 7.60 Å². The Morgan fingerprint density at radius 2 is 1.79 bits per heavy atom. The molecule has 0 aromatic carbocycles. The van der Waals surface area contributed by atoms with Gasteiger partial charge in [0.05, 0.1) is 0 Å². The van der Waals surface area contributed by atoms with Crippen LogP contribution in [-0.4, -0.2) is 32.7 Å². The molecule has 84 valence electrons. The van der Waals surface area contributed by atoms with E-state index < -0.39 is 25.4 Å². The van der Waals surface area contributed by atoms with Crippen LogP contribution in [0.5, 0.6) is 0 Å². The number of hydrogen-bond donors (Lipinski definition) is 5. The van der Waals surface area contributed by atoms with Crippen molar-refractivity contribution in [2.45, 2.75) is 31.1 Å². The van der Waals surface area contributed by atoms with Gasteiger partial charge in [-0.25, -0.2) is 0 Å². The highest BCUT2D eigenvalue weighted by Gasteiger charge is 2.24. The summed E-state index contributed by atoms with van der Waals surface area (Å²) in [4.78, 5) is 27.5. The lowest BCUT2D eigenvalue weighted by Gasteiger charge is -2.13. The van der Waals surface area contributed by atoms with Crippen molar-refractivity contribution in [2.24, 2.45) is 11.5 Å². The minimum Gasteiger partial charge on any atom is -0.480 e. The minimum atomic E-state index is -4.25. The monoisotopic (exact) mass is 226 g/mol. The number of hydrogen-bond acceptors (Lipinski definition) is 4. The Labute approximate surface area is 81.3 Å². The first-order valence-electron chi connectivity index (χ1n) is 4.04. The van der Waals surface area contributed by atoms with Crippen LogP contribution < -0.4 is 11.5 Å². The summed E-state index contributed by atoms with van der Waals surface area (Å²) in [5, 5.41) is 8.40. The molecule has 14 heavy (non-hydrogen) atoms. The van der Waals surface area contributed by atoms with E-state index in [0.29, 0.717) is 0 Å². The van der Waals surface area contributed by atoms with Crippen molar-refractivity contribution in [1.82, 2.24) is 0 Å². The van der Waals surface area contributed by atoms with E-state index in [2.05, 4.69) is 0 Å². The molecule has 2 atom stereocenters. The van der Waals surface area contributed by atoms with Crippen LogP contribution in [0.2, 0.25) is 0 Å². The summed E-state index contributed by atoms with van der Waals surface area (Å²) in [7, 11) is -4.25. The fourth-order valence-electron chi connectivity index (χ4n) is 0.839. The molecule has 0 unspecified atom stereocenters. The Kier molecular flexibility index (Phi) is 5.25. The standard InChI is InChI=1S/C6H15N2O5P/c7-4(6(9)10)2-1-3-5(8)14(11,12)13/h4-5H,1-3,7-8H2,(H,9,10)(H2,11,12,13)/t4-,5-/m0/s1. The third-order valence-corrected chi connectivity index (χ3v) is 2.89. The third-order valence-electron chi connectivity index (χ3n) is 1.76. The van der Waals surface area contributed by atoms with Gasteiger partial charge < -0.3 is 26.4 Å². The first-order chi connectivity index (χ1) is 6.25. The van der Waals surface area contributed by atoms with E-state index in [4.69, 9.17) is 26.4 Å². The molecule has 0 rings (SSSR count). The Bertz CT molecular complexity index is 240. The van der Waals surface area contributed by atoms with Gasteiger partial charge in [-0.3, -0.25) is 9.36 Å². The van der Waals surface area contributed by atoms with Crippen LogP contribution in [-0.2, 0) is 9.36 Å². The Hall–Kier alpha value is -0.460. The number of carboxylic acid groups (broad SMARTS) is 1. The van der Waals surface area contributed by atoms with Gasteiger partial charge in [-0.05, 0) is 19.3 Å². The molecule has 0 radical (unpaired) electrons. The van der Waals surface area contributed by atoms with Crippen molar-refractivity contribution in [1.29, 1.82) is 0 Å². The highest BCUT2D eigenvalue weighted by atomic mass is 31.2. The third kappa shape index (κ3) is 5.31. The molecule has 0 bridgehead atoms. The van der Waals surface area contributed by atoms with Gasteiger partial charge >= 0.3 is 13.6 Å². The molecule has 0 amide bonds. The predicted octanol–water partition coefficient (Wildman–Crippen LogP) is -0.969. The first-order valence-corrected chi connectivity index (χ1v) is 5.72. The lowest BCUT2D eigenvalue weighted by molar-refractivity contribution is -0.138. The second-order valence-corrected chi connectivity index (χ2v) is 4.87. The van der Waals surface area contributed by atoms with E-state index in [-0.39, 0.29) is 19.3 Å². The summed E-state index contributed by atoms with van der Waals surface area (Å²) in [5.74, 6) is -2.36. The minimum absolute atomic E-state index is 0.0608. The van der Waals surface area contributed by atoms with E-state index >= 15 is 0 Å². The summed E-state index contributed by atoms with van der Waals surface area (Å²) < 4.78 is 10.6. The molecule has 0 saturated heterocycles. The molecule has 7 N–H and O–H groups in total. The topological polar surface area (TPSA) is 147 Å². The zero-order valence-electron chi connectivity index (χ0n) is 7.54. The molecule has 0 heterocycles. The maximum Gasteiger partial charge on any atom is 0.342 e. The summed E-state index contributed by atoms with van der Waals surface area (Å²) in [6.07, 6.45) is 0.494. The van der Waals surface area contributed by atoms with Crippen LogP contribution in [0.25, 0.3) is 0 Å². The second-order valence-electron chi connectivity index (χ2n) is 3.03. The van der Waals surface area contributed by atoms with Crippen molar-refractivity contribution >= 4 is 13.6 Å². The lowest BCUT2D eigenvalue weighted by Crippen LogP contribution is -2.30. The van der Waals surface area contributed by atoms with E-state index in [0.717, 1.165) is 0 Å². The van der Waals surface area contributed by atoms with Crippen molar-refractivity contribution < 1.29 is 24.3 Å². The molecule has 7 nitrogen and oxygen atoms in total. The maximum atomic E-state index is 10.6. The summed E-state index contributed by atoms with van der Waals surface area (Å²) in [6, 6.07) is -1.00. The van der Waals surface area contributed by atoms with E-state index in [1.54, 1.807) is 0 Å². The van der Waals surface area contributed by atoms with Gasteiger partial charge in [-0.15, -0.1) is 0 Å². The largest absolute Gasteiger partial charge is 0.480 e. The summed E-state index contributed by atoms with van der Waals surface area (Å²) in [6.45, 7) is 0. The Balaban J connectivity index is 3.76. The molecule has 0 saturated carbocycles. The van der Waals surface area contributed by atoms with Gasteiger partial charge in [0, 0.05) is 0 Å². The first kappa shape index (κ1) is 13.5. The fraction of sp³-hybridized carbons (Fsp3) is 0.833. The SMILES string of the molecule is N[C@H](CCC[C@H](N)C(=O)O)P(=O)(O)O. The highest BCUT2D eigenvalue weighted by Crippen LogP contribution is 2.40. The van der Waals surface area contributed by atoms with Gasteiger partial charge in [0.25, 0.3) is 0 Å². The summed E-state index contributed by atoms with van der Waals surface area (Å²) >= 11 is 0. The average Bonchev–Trinajstić information content (AvgIpc) is 2.01. The zero-order chi connectivity index (χ0) is 11.4. The highest BCUT2D eigenvalue weighted by molar-refractivity contribution is 7.52. The molecule has 0 aliphatic rings.